The summed E-state index contributed by atoms with van der Waals surface area (Å²) in [6, 6.07) is 2.88. The standard InChI is InChI=1S/C16H21N3O4S/c1-9-11(15(20)13-10(2)17-19(5)16(13)21)7-8-12(24(6,22)23)14(9)18(3)4/h7-8,17H,1-6H3. The van der Waals surface area contributed by atoms with Gasteiger partial charge in [-0.1, -0.05) is 0 Å². The van der Waals surface area contributed by atoms with Gasteiger partial charge in [-0.05, 0) is 31.5 Å². The highest BCUT2D eigenvalue weighted by Crippen LogP contribution is 2.31. The molecular formula is C16H21N3O4S. The van der Waals surface area contributed by atoms with E-state index in [1.54, 1.807) is 32.8 Å². The smallest absolute Gasteiger partial charge is 0.277 e. The van der Waals surface area contributed by atoms with Crippen molar-refractivity contribution in [2.24, 2.45) is 7.05 Å². The predicted molar refractivity (Wildman–Crippen MR) is 92.8 cm³/mol. The van der Waals surface area contributed by atoms with Crippen molar-refractivity contribution in [3.05, 3.63) is 44.9 Å². The van der Waals surface area contributed by atoms with E-state index < -0.39 is 21.2 Å². The molecule has 1 N–H and O–H groups in total. The molecule has 2 rings (SSSR count). The maximum absolute atomic E-state index is 12.9. The molecule has 8 heteroatoms. The van der Waals surface area contributed by atoms with Gasteiger partial charge in [0.15, 0.2) is 9.84 Å². The number of hydrogen-bond acceptors (Lipinski definition) is 5. The summed E-state index contributed by atoms with van der Waals surface area (Å²) in [5.41, 5.74) is 1.42. The van der Waals surface area contributed by atoms with E-state index in [1.807, 2.05) is 0 Å². The lowest BCUT2D eigenvalue weighted by Crippen LogP contribution is -2.22. The third-order valence-corrected chi connectivity index (χ3v) is 5.07. The van der Waals surface area contributed by atoms with E-state index in [-0.39, 0.29) is 10.5 Å². The van der Waals surface area contributed by atoms with Gasteiger partial charge in [-0.25, -0.2) is 8.42 Å². The lowest BCUT2D eigenvalue weighted by Gasteiger charge is -2.21. The lowest BCUT2D eigenvalue weighted by molar-refractivity contribution is 0.103. The van der Waals surface area contributed by atoms with Gasteiger partial charge in [-0.3, -0.25) is 19.4 Å². The normalized spacial score (nSPS) is 11.6. The fraction of sp³-hybridized carbons (Fsp3) is 0.375. The van der Waals surface area contributed by atoms with Crippen molar-refractivity contribution in [1.29, 1.82) is 0 Å². The average Bonchev–Trinajstić information content (AvgIpc) is 2.69. The van der Waals surface area contributed by atoms with Crippen LogP contribution < -0.4 is 10.5 Å². The number of aromatic nitrogens is 2. The summed E-state index contributed by atoms with van der Waals surface area (Å²) in [7, 11) is 1.52. The fourth-order valence-corrected chi connectivity index (χ4v) is 3.87. The number of nitrogens with zero attached hydrogens (tertiary/aromatic N) is 2. The molecule has 0 spiro atoms. The topological polar surface area (TPSA) is 92.2 Å². The fourth-order valence-electron chi connectivity index (χ4n) is 2.86. The van der Waals surface area contributed by atoms with E-state index in [1.165, 1.54) is 23.9 Å². The SMILES string of the molecule is Cc1[nH]n(C)c(=O)c1C(=O)c1ccc(S(C)(=O)=O)c(N(C)C)c1C. The first kappa shape index (κ1) is 18.0. The van der Waals surface area contributed by atoms with Gasteiger partial charge in [0.2, 0.25) is 5.78 Å². The Morgan fingerprint density at radius 3 is 2.21 bits per heavy atom. The molecule has 0 aliphatic rings. The van der Waals surface area contributed by atoms with Crippen LogP contribution in [-0.4, -0.2) is 44.3 Å². The molecule has 130 valence electrons. The van der Waals surface area contributed by atoms with Crippen LogP contribution in [0.5, 0.6) is 0 Å². The van der Waals surface area contributed by atoms with Gasteiger partial charge >= 0.3 is 0 Å². The van der Waals surface area contributed by atoms with Crippen LogP contribution in [-0.2, 0) is 16.9 Å². The number of benzene rings is 1. The summed E-state index contributed by atoms with van der Waals surface area (Å²) in [6.07, 6.45) is 1.13. The van der Waals surface area contributed by atoms with Crippen LogP contribution >= 0.6 is 0 Å². The van der Waals surface area contributed by atoms with Gasteiger partial charge in [0, 0.05) is 38.7 Å². The Hall–Kier alpha value is -2.35. The van der Waals surface area contributed by atoms with E-state index in [0.29, 0.717) is 22.5 Å². The van der Waals surface area contributed by atoms with Crippen molar-refractivity contribution < 1.29 is 13.2 Å². The number of nitrogens with one attached hydrogen (secondary N) is 1. The van der Waals surface area contributed by atoms with Crippen molar-refractivity contribution in [2.75, 3.05) is 25.3 Å². The molecule has 0 atom stereocenters. The molecular weight excluding hydrogens is 330 g/mol. The first-order chi connectivity index (χ1) is 11.0. The summed E-state index contributed by atoms with van der Waals surface area (Å²) in [5, 5.41) is 2.80. The molecule has 0 aliphatic carbocycles. The number of sulfone groups is 1. The van der Waals surface area contributed by atoms with Crippen LogP contribution in [0.25, 0.3) is 0 Å². The molecule has 0 aliphatic heterocycles. The number of aryl methyl sites for hydroxylation is 2. The first-order valence-electron chi connectivity index (χ1n) is 7.28. The van der Waals surface area contributed by atoms with Crippen molar-refractivity contribution in [3.63, 3.8) is 0 Å². The van der Waals surface area contributed by atoms with Crippen LogP contribution in [0, 0.1) is 13.8 Å². The number of H-pyrrole nitrogens is 1. The van der Waals surface area contributed by atoms with Crippen molar-refractivity contribution in [1.82, 2.24) is 9.78 Å². The number of aromatic amines is 1. The second-order valence-corrected chi connectivity index (χ2v) is 8.04. The van der Waals surface area contributed by atoms with Crippen LogP contribution in [0.3, 0.4) is 0 Å². The second-order valence-electron chi connectivity index (χ2n) is 6.06. The highest BCUT2D eigenvalue weighted by atomic mass is 32.2. The summed E-state index contributed by atoms with van der Waals surface area (Å²) < 4.78 is 25.3. The zero-order valence-electron chi connectivity index (χ0n) is 14.6. The second kappa shape index (κ2) is 5.94. The molecule has 0 saturated heterocycles. The van der Waals surface area contributed by atoms with Gasteiger partial charge < -0.3 is 4.90 Å². The van der Waals surface area contributed by atoms with Gasteiger partial charge in [-0.15, -0.1) is 0 Å². The summed E-state index contributed by atoms with van der Waals surface area (Å²) in [4.78, 5) is 26.8. The van der Waals surface area contributed by atoms with Crippen molar-refractivity contribution in [3.8, 4) is 0 Å². The minimum absolute atomic E-state index is 0.0670. The highest BCUT2D eigenvalue weighted by molar-refractivity contribution is 7.90. The molecule has 0 saturated carbocycles. The van der Waals surface area contributed by atoms with E-state index >= 15 is 0 Å². The van der Waals surface area contributed by atoms with Gasteiger partial charge in [0.05, 0.1) is 10.6 Å². The average molecular weight is 351 g/mol. The lowest BCUT2D eigenvalue weighted by atomic mass is 9.98. The minimum atomic E-state index is -3.45. The zero-order valence-corrected chi connectivity index (χ0v) is 15.4. The van der Waals surface area contributed by atoms with Crippen LogP contribution in [0.1, 0.15) is 27.2 Å². The number of carbonyl (C=O) groups excluding carboxylic acids is 1. The molecule has 1 heterocycles. The van der Waals surface area contributed by atoms with Gasteiger partial charge in [0.1, 0.15) is 5.56 Å². The Labute approximate surface area is 140 Å². The number of ketones is 1. The van der Waals surface area contributed by atoms with E-state index in [0.717, 1.165) is 6.26 Å². The minimum Gasteiger partial charge on any atom is -0.376 e. The van der Waals surface area contributed by atoms with E-state index in [2.05, 4.69) is 5.10 Å². The molecule has 1 aromatic carbocycles. The number of anilines is 1. The molecule has 0 unspecified atom stereocenters. The zero-order chi connectivity index (χ0) is 18.4. The first-order valence-corrected chi connectivity index (χ1v) is 9.17. The number of rotatable bonds is 4. The summed E-state index contributed by atoms with van der Waals surface area (Å²) in [6.45, 7) is 3.34. The number of carbonyl (C=O) groups is 1. The molecule has 24 heavy (non-hydrogen) atoms. The predicted octanol–water partition coefficient (Wildman–Crippen LogP) is 1.03. The Morgan fingerprint density at radius 1 is 1.21 bits per heavy atom. The van der Waals surface area contributed by atoms with Gasteiger partial charge in [0.25, 0.3) is 5.56 Å². The molecule has 0 radical (unpaired) electrons. The molecule has 0 amide bonds. The Bertz CT molecular complexity index is 981. The van der Waals surface area contributed by atoms with Crippen LogP contribution in [0.2, 0.25) is 0 Å². The quantitative estimate of drug-likeness (QED) is 0.831. The Kier molecular flexibility index (Phi) is 4.45. The van der Waals surface area contributed by atoms with E-state index in [4.69, 9.17) is 0 Å². The Balaban J connectivity index is 2.75. The molecule has 0 bridgehead atoms. The summed E-state index contributed by atoms with van der Waals surface area (Å²) in [5.74, 6) is -0.421. The van der Waals surface area contributed by atoms with Gasteiger partial charge in [-0.2, -0.15) is 0 Å². The van der Waals surface area contributed by atoms with Crippen molar-refractivity contribution >= 4 is 21.3 Å². The van der Waals surface area contributed by atoms with Crippen molar-refractivity contribution in [2.45, 2.75) is 18.7 Å². The van der Waals surface area contributed by atoms with E-state index in [9.17, 15) is 18.0 Å². The monoisotopic (exact) mass is 351 g/mol. The highest BCUT2D eigenvalue weighted by Gasteiger charge is 2.25. The van der Waals surface area contributed by atoms with Crippen LogP contribution in [0.4, 0.5) is 5.69 Å². The Morgan fingerprint density at radius 2 is 1.79 bits per heavy atom. The maximum atomic E-state index is 12.9. The molecule has 0 fully saturated rings. The largest absolute Gasteiger partial charge is 0.376 e. The van der Waals surface area contributed by atoms with Crippen LogP contribution in [0.15, 0.2) is 21.8 Å². The third-order valence-electron chi connectivity index (χ3n) is 3.94. The number of hydrogen-bond donors (Lipinski definition) is 1. The third kappa shape index (κ3) is 2.89. The summed E-state index contributed by atoms with van der Waals surface area (Å²) >= 11 is 0. The molecule has 7 nitrogen and oxygen atoms in total. The molecule has 2 aromatic rings. The molecule has 1 aromatic heterocycles. The maximum Gasteiger partial charge on any atom is 0.277 e.